The minimum atomic E-state index is -0.300. The predicted molar refractivity (Wildman–Crippen MR) is 42.1 cm³/mol. The summed E-state index contributed by atoms with van der Waals surface area (Å²) in [4.78, 5) is 0. The molecule has 1 aromatic carbocycles. The molecule has 0 aliphatic heterocycles. The number of anilines is 1. The van der Waals surface area contributed by atoms with Crippen molar-refractivity contribution in [3.05, 3.63) is 29.6 Å². The monoisotopic (exact) mass is 155 g/mol. The molecule has 0 saturated carbocycles. The van der Waals surface area contributed by atoms with Crippen LogP contribution in [0.1, 0.15) is 5.56 Å². The van der Waals surface area contributed by atoms with Gasteiger partial charge in [0, 0.05) is 17.8 Å². The Kier molecular flexibility index (Phi) is 2.40. The van der Waals surface area contributed by atoms with Gasteiger partial charge in [-0.2, -0.15) is 0 Å². The van der Waals surface area contributed by atoms with Crippen molar-refractivity contribution >= 4 is 5.69 Å². The fraction of sp³-hybridized carbons (Fsp3) is 0.143. The number of hydrogen-bond donors (Lipinski definition) is 3. The van der Waals surface area contributed by atoms with E-state index in [1.807, 2.05) is 0 Å². The largest absolute Gasteiger partial charge is 0.326 e. The second-order valence-electron chi connectivity index (χ2n) is 2.15. The van der Waals surface area contributed by atoms with Crippen LogP contribution in [0.5, 0.6) is 0 Å². The van der Waals surface area contributed by atoms with Gasteiger partial charge in [-0.3, -0.25) is 5.84 Å². The van der Waals surface area contributed by atoms with Gasteiger partial charge in [0.15, 0.2) is 0 Å². The van der Waals surface area contributed by atoms with Crippen LogP contribution in [0.3, 0.4) is 0 Å². The minimum Gasteiger partial charge on any atom is -0.326 e. The van der Waals surface area contributed by atoms with Gasteiger partial charge >= 0.3 is 0 Å². The molecular weight excluding hydrogens is 145 g/mol. The maximum Gasteiger partial charge on any atom is 0.127 e. The van der Waals surface area contributed by atoms with Gasteiger partial charge in [-0.25, -0.2) is 4.39 Å². The maximum absolute atomic E-state index is 12.8. The molecule has 1 rings (SSSR count). The molecule has 3 nitrogen and oxygen atoms in total. The summed E-state index contributed by atoms with van der Waals surface area (Å²) < 4.78 is 12.8. The lowest BCUT2D eigenvalue weighted by molar-refractivity contribution is 0.611. The Morgan fingerprint density at radius 3 is 2.73 bits per heavy atom. The van der Waals surface area contributed by atoms with Gasteiger partial charge in [0.1, 0.15) is 5.82 Å². The van der Waals surface area contributed by atoms with Crippen LogP contribution in [0.25, 0.3) is 0 Å². The van der Waals surface area contributed by atoms with Crippen molar-refractivity contribution in [1.82, 2.24) is 0 Å². The quantitative estimate of drug-likeness (QED) is 0.432. The molecule has 0 fully saturated rings. The van der Waals surface area contributed by atoms with Crippen LogP contribution < -0.4 is 17.0 Å². The van der Waals surface area contributed by atoms with Crippen molar-refractivity contribution < 1.29 is 4.39 Å². The molecule has 0 spiro atoms. The van der Waals surface area contributed by atoms with E-state index in [1.165, 1.54) is 6.07 Å². The Balaban J connectivity index is 3.02. The number of benzene rings is 1. The first-order valence-electron chi connectivity index (χ1n) is 3.23. The number of halogens is 1. The Labute approximate surface area is 64.2 Å². The molecule has 0 aliphatic carbocycles. The fourth-order valence-corrected chi connectivity index (χ4v) is 0.821. The van der Waals surface area contributed by atoms with Gasteiger partial charge < -0.3 is 11.2 Å². The Morgan fingerprint density at radius 1 is 1.45 bits per heavy atom. The molecule has 11 heavy (non-hydrogen) atoms. The number of hydrazine groups is 1. The van der Waals surface area contributed by atoms with E-state index in [2.05, 4.69) is 5.43 Å². The van der Waals surface area contributed by atoms with Crippen LogP contribution >= 0.6 is 0 Å². The first kappa shape index (κ1) is 7.97. The van der Waals surface area contributed by atoms with Gasteiger partial charge in [0.2, 0.25) is 0 Å². The molecule has 0 saturated heterocycles. The molecule has 0 aromatic heterocycles. The molecule has 0 unspecified atom stereocenters. The van der Waals surface area contributed by atoms with Crippen LogP contribution in [0.2, 0.25) is 0 Å². The average Bonchev–Trinajstić information content (AvgIpc) is 2.05. The van der Waals surface area contributed by atoms with E-state index in [0.29, 0.717) is 11.3 Å². The summed E-state index contributed by atoms with van der Waals surface area (Å²) in [6, 6.07) is 4.46. The van der Waals surface area contributed by atoms with Crippen LogP contribution in [-0.4, -0.2) is 0 Å². The zero-order valence-electron chi connectivity index (χ0n) is 5.97. The van der Waals surface area contributed by atoms with Gasteiger partial charge in [0.25, 0.3) is 0 Å². The third-order valence-electron chi connectivity index (χ3n) is 1.43. The Bertz CT molecular complexity index is 249. The highest BCUT2D eigenvalue weighted by Gasteiger charge is 1.99. The highest BCUT2D eigenvalue weighted by atomic mass is 19.1. The minimum absolute atomic E-state index is 0.182. The zero-order chi connectivity index (χ0) is 8.27. The van der Waals surface area contributed by atoms with Crippen molar-refractivity contribution in [2.75, 3.05) is 5.43 Å². The molecule has 5 N–H and O–H groups in total. The summed E-state index contributed by atoms with van der Waals surface area (Å²) in [6.07, 6.45) is 0. The van der Waals surface area contributed by atoms with Gasteiger partial charge in [0.05, 0.1) is 0 Å². The third kappa shape index (κ3) is 1.66. The highest BCUT2D eigenvalue weighted by Crippen LogP contribution is 2.12. The van der Waals surface area contributed by atoms with Crippen LogP contribution in [0, 0.1) is 5.82 Å². The molecular formula is C7H10FN3. The molecule has 4 heteroatoms. The van der Waals surface area contributed by atoms with Crippen molar-refractivity contribution in [1.29, 1.82) is 0 Å². The molecule has 0 bridgehead atoms. The average molecular weight is 155 g/mol. The van der Waals surface area contributed by atoms with E-state index in [4.69, 9.17) is 11.6 Å². The summed E-state index contributed by atoms with van der Waals surface area (Å²) in [5, 5.41) is 0. The summed E-state index contributed by atoms with van der Waals surface area (Å²) >= 11 is 0. The highest BCUT2D eigenvalue weighted by molar-refractivity contribution is 5.44. The number of nitrogens with one attached hydrogen (secondary N) is 1. The zero-order valence-corrected chi connectivity index (χ0v) is 5.97. The second kappa shape index (κ2) is 3.32. The summed E-state index contributed by atoms with van der Waals surface area (Å²) in [6.45, 7) is 0.182. The lowest BCUT2D eigenvalue weighted by Crippen LogP contribution is -2.08. The molecule has 60 valence electrons. The van der Waals surface area contributed by atoms with Gasteiger partial charge in [-0.15, -0.1) is 0 Å². The fourth-order valence-electron chi connectivity index (χ4n) is 0.821. The predicted octanol–water partition coefficient (Wildman–Crippen LogP) is 0.570. The van der Waals surface area contributed by atoms with E-state index in [9.17, 15) is 4.39 Å². The topological polar surface area (TPSA) is 64.1 Å². The SMILES string of the molecule is NCc1cc(NN)ccc1F. The third-order valence-corrected chi connectivity index (χ3v) is 1.43. The van der Waals surface area contributed by atoms with Crippen LogP contribution in [-0.2, 0) is 6.54 Å². The number of nitrogens with two attached hydrogens (primary N) is 2. The summed E-state index contributed by atoms with van der Waals surface area (Å²) in [5.74, 6) is 4.81. The Morgan fingerprint density at radius 2 is 2.18 bits per heavy atom. The molecule has 0 heterocycles. The normalized spacial score (nSPS) is 9.73. The molecule has 1 aromatic rings. The van der Waals surface area contributed by atoms with E-state index in [-0.39, 0.29) is 12.4 Å². The first-order chi connectivity index (χ1) is 5.27. The van der Waals surface area contributed by atoms with Crippen molar-refractivity contribution in [2.45, 2.75) is 6.54 Å². The second-order valence-corrected chi connectivity index (χ2v) is 2.15. The molecule has 0 aliphatic rings. The summed E-state index contributed by atoms with van der Waals surface area (Å²) in [7, 11) is 0. The van der Waals surface area contributed by atoms with Crippen molar-refractivity contribution in [2.24, 2.45) is 11.6 Å². The maximum atomic E-state index is 12.8. The van der Waals surface area contributed by atoms with Crippen LogP contribution in [0.4, 0.5) is 10.1 Å². The van der Waals surface area contributed by atoms with E-state index in [1.54, 1.807) is 12.1 Å². The van der Waals surface area contributed by atoms with Crippen molar-refractivity contribution in [3.8, 4) is 0 Å². The Hall–Kier alpha value is -1.13. The molecule has 0 radical (unpaired) electrons. The smallest absolute Gasteiger partial charge is 0.127 e. The molecule has 0 atom stereocenters. The number of rotatable bonds is 2. The van der Waals surface area contributed by atoms with Crippen LogP contribution in [0.15, 0.2) is 18.2 Å². The van der Waals surface area contributed by atoms with Crippen molar-refractivity contribution in [3.63, 3.8) is 0 Å². The van der Waals surface area contributed by atoms with Gasteiger partial charge in [-0.1, -0.05) is 0 Å². The standard InChI is InChI=1S/C7H10FN3/c8-7-2-1-6(11-10)3-5(7)4-9/h1-3,11H,4,9-10H2. The lowest BCUT2D eigenvalue weighted by Gasteiger charge is -2.02. The number of nitrogen functional groups attached to an aromatic ring is 1. The van der Waals surface area contributed by atoms with E-state index >= 15 is 0 Å². The lowest BCUT2D eigenvalue weighted by atomic mass is 10.2. The van der Waals surface area contributed by atoms with E-state index < -0.39 is 0 Å². The summed E-state index contributed by atoms with van der Waals surface area (Å²) in [5.41, 5.74) is 8.79. The first-order valence-corrected chi connectivity index (χ1v) is 3.23. The number of hydrogen-bond acceptors (Lipinski definition) is 3. The van der Waals surface area contributed by atoms with Gasteiger partial charge in [-0.05, 0) is 18.2 Å². The van der Waals surface area contributed by atoms with E-state index in [0.717, 1.165) is 0 Å². The molecule has 0 amide bonds.